The highest BCUT2D eigenvalue weighted by molar-refractivity contribution is 7.11. The Bertz CT molecular complexity index is 1430. The number of para-hydroxylation sites is 1. The van der Waals surface area contributed by atoms with Crippen LogP contribution in [0, 0.1) is 6.92 Å². The Morgan fingerprint density at radius 1 is 1.00 bits per heavy atom. The van der Waals surface area contributed by atoms with Crippen LogP contribution in [0.5, 0.6) is 5.75 Å². The minimum atomic E-state index is -0.312. The molecule has 1 aromatic carbocycles. The first-order valence-electron chi connectivity index (χ1n) is 17.9. The van der Waals surface area contributed by atoms with Gasteiger partial charge < -0.3 is 34.8 Å². The van der Waals surface area contributed by atoms with E-state index in [0.29, 0.717) is 77.4 Å². The molecule has 0 unspecified atom stereocenters. The van der Waals surface area contributed by atoms with Crippen molar-refractivity contribution in [1.82, 2.24) is 30.3 Å². The predicted molar refractivity (Wildman–Crippen MR) is 185 cm³/mol. The van der Waals surface area contributed by atoms with Crippen LogP contribution in [0.2, 0.25) is 0 Å². The van der Waals surface area contributed by atoms with E-state index < -0.39 is 0 Å². The number of fused-ring (bicyclic) bond motifs is 12. The van der Waals surface area contributed by atoms with Gasteiger partial charge in [0, 0.05) is 68.8 Å². The van der Waals surface area contributed by atoms with Crippen molar-refractivity contribution in [2.75, 3.05) is 59.1 Å². The van der Waals surface area contributed by atoms with Gasteiger partial charge in [0.2, 0.25) is 17.7 Å². The molecule has 2 aromatic rings. The van der Waals surface area contributed by atoms with Gasteiger partial charge >= 0.3 is 0 Å². The van der Waals surface area contributed by atoms with Crippen LogP contribution in [0.15, 0.2) is 30.3 Å². The third kappa shape index (κ3) is 9.37. The van der Waals surface area contributed by atoms with Gasteiger partial charge in [-0.3, -0.25) is 19.2 Å². The molecule has 3 fully saturated rings. The highest BCUT2D eigenvalue weighted by atomic mass is 32.1. The Morgan fingerprint density at radius 2 is 1.73 bits per heavy atom. The Hall–Kier alpha value is -3.55. The SMILES string of the molecule is Cc1sc2nc1CC(=O)N(C1CCN(C(=O)COc3ccccc3)CC1)CC(=O)NCCC[C@H](NC1CCOCC1)C(=O)N1CCC2CC1. The zero-order chi connectivity index (χ0) is 34.2. The maximum Gasteiger partial charge on any atom is 0.260 e. The molecule has 0 aliphatic carbocycles. The first-order valence-corrected chi connectivity index (χ1v) is 18.8. The Morgan fingerprint density at radius 3 is 2.47 bits per heavy atom. The number of ether oxygens (including phenoxy) is 2. The lowest BCUT2D eigenvalue weighted by atomic mass is 9.96. The fourth-order valence-electron chi connectivity index (χ4n) is 7.37. The van der Waals surface area contributed by atoms with Gasteiger partial charge in [0.05, 0.1) is 29.7 Å². The Balaban J connectivity index is 1.13. The summed E-state index contributed by atoms with van der Waals surface area (Å²) in [6.07, 6.45) is 6.03. The number of aryl methyl sites for hydroxylation is 1. The number of thiazole rings is 1. The van der Waals surface area contributed by atoms with E-state index in [1.165, 1.54) is 0 Å². The number of hydrogen-bond donors (Lipinski definition) is 2. The molecule has 7 rings (SSSR count). The molecule has 1 atom stereocenters. The molecule has 6 heterocycles. The summed E-state index contributed by atoms with van der Waals surface area (Å²) < 4.78 is 11.2. The molecule has 5 aliphatic heterocycles. The molecular weight excluding hydrogens is 644 g/mol. The van der Waals surface area contributed by atoms with Crippen LogP contribution in [0.1, 0.15) is 72.9 Å². The van der Waals surface area contributed by atoms with Gasteiger partial charge in [-0.1, -0.05) is 18.2 Å². The van der Waals surface area contributed by atoms with Gasteiger partial charge in [-0.2, -0.15) is 0 Å². The zero-order valence-corrected chi connectivity index (χ0v) is 29.4. The smallest absolute Gasteiger partial charge is 0.260 e. The van der Waals surface area contributed by atoms with Crippen LogP contribution < -0.4 is 15.4 Å². The summed E-state index contributed by atoms with van der Waals surface area (Å²) in [6.45, 7) is 6.08. The topological polar surface area (TPSA) is 133 Å². The first kappa shape index (κ1) is 35.3. The van der Waals surface area contributed by atoms with E-state index in [4.69, 9.17) is 14.5 Å². The van der Waals surface area contributed by atoms with Crippen molar-refractivity contribution in [2.45, 2.75) is 88.8 Å². The van der Waals surface area contributed by atoms with E-state index in [0.717, 1.165) is 41.3 Å². The third-order valence-corrected chi connectivity index (χ3v) is 11.5. The molecule has 4 bridgehead atoms. The lowest BCUT2D eigenvalue weighted by Crippen LogP contribution is -2.53. The molecule has 2 N–H and O–H groups in total. The molecule has 4 amide bonds. The summed E-state index contributed by atoms with van der Waals surface area (Å²) in [5.74, 6) is 0.617. The molecule has 5 aliphatic rings. The zero-order valence-electron chi connectivity index (χ0n) is 28.6. The number of nitrogens with zero attached hydrogens (tertiary/aromatic N) is 4. The lowest BCUT2D eigenvalue weighted by Gasteiger charge is -2.38. The summed E-state index contributed by atoms with van der Waals surface area (Å²) in [7, 11) is 0. The summed E-state index contributed by atoms with van der Waals surface area (Å²) in [5.41, 5.74) is 0.765. The van der Waals surface area contributed by atoms with Crippen LogP contribution >= 0.6 is 11.3 Å². The predicted octanol–water partition coefficient (Wildman–Crippen LogP) is 2.65. The molecule has 3 saturated heterocycles. The highest BCUT2D eigenvalue weighted by Gasteiger charge is 2.34. The Labute approximate surface area is 292 Å². The monoisotopic (exact) mass is 694 g/mol. The summed E-state index contributed by atoms with van der Waals surface area (Å²) >= 11 is 1.64. The fraction of sp³-hybridized carbons (Fsp3) is 0.639. The van der Waals surface area contributed by atoms with Crippen LogP contribution in [0.3, 0.4) is 0 Å². The van der Waals surface area contributed by atoms with Gasteiger partial charge in [-0.25, -0.2) is 4.98 Å². The second kappa shape index (κ2) is 16.9. The molecule has 0 spiro atoms. The summed E-state index contributed by atoms with van der Waals surface area (Å²) in [5, 5.41) is 7.68. The second-order valence-corrected chi connectivity index (χ2v) is 14.9. The van der Waals surface area contributed by atoms with Crippen molar-refractivity contribution < 1.29 is 28.7 Å². The maximum atomic E-state index is 14.0. The number of rotatable bonds is 6. The summed E-state index contributed by atoms with van der Waals surface area (Å²) in [4.78, 5) is 65.4. The van der Waals surface area contributed by atoms with Crippen LogP contribution in [0.4, 0.5) is 0 Å². The largest absolute Gasteiger partial charge is 0.484 e. The number of carbonyl (C=O) groups excluding carboxylic acids is 4. The normalized spacial score (nSPS) is 24.0. The van der Waals surface area contributed by atoms with E-state index >= 15 is 0 Å². The molecule has 266 valence electrons. The van der Waals surface area contributed by atoms with E-state index in [2.05, 4.69) is 10.6 Å². The van der Waals surface area contributed by atoms with Crippen molar-refractivity contribution in [3.8, 4) is 5.75 Å². The van der Waals surface area contributed by atoms with Crippen molar-refractivity contribution >= 4 is 35.0 Å². The average molecular weight is 695 g/mol. The first-order chi connectivity index (χ1) is 23.8. The molecule has 13 heteroatoms. The quantitative estimate of drug-likeness (QED) is 0.472. The van der Waals surface area contributed by atoms with Crippen LogP contribution in [0.25, 0.3) is 0 Å². The number of carbonyl (C=O) groups is 4. The van der Waals surface area contributed by atoms with Gasteiger partial charge in [-0.05, 0) is 70.4 Å². The van der Waals surface area contributed by atoms with E-state index in [1.807, 2.05) is 42.2 Å². The minimum absolute atomic E-state index is 0.0404. The van der Waals surface area contributed by atoms with E-state index in [9.17, 15) is 19.2 Å². The van der Waals surface area contributed by atoms with Gasteiger partial charge in [0.1, 0.15) is 5.75 Å². The van der Waals surface area contributed by atoms with Crippen molar-refractivity contribution in [2.24, 2.45) is 0 Å². The number of hydrogen-bond acceptors (Lipinski definition) is 9. The van der Waals surface area contributed by atoms with Crippen LogP contribution in [-0.2, 0) is 30.3 Å². The number of amides is 4. The lowest BCUT2D eigenvalue weighted by molar-refractivity contribution is -0.141. The van der Waals surface area contributed by atoms with Gasteiger partial charge in [0.25, 0.3) is 5.91 Å². The number of nitrogens with one attached hydrogen (secondary N) is 2. The number of aromatic nitrogens is 1. The second-order valence-electron chi connectivity index (χ2n) is 13.7. The van der Waals surface area contributed by atoms with E-state index in [1.54, 1.807) is 21.1 Å². The van der Waals surface area contributed by atoms with Crippen LogP contribution in [-0.4, -0.2) is 121 Å². The molecule has 49 heavy (non-hydrogen) atoms. The van der Waals surface area contributed by atoms with E-state index in [-0.39, 0.29) is 67.2 Å². The van der Waals surface area contributed by atoms with Gasteiger partial charge in [-0.15, -0.1) is 11.3 Å². The summed E-state index contributed by atoms with van der Waals surface area (Å²) in [6, 6.07) is 9.02. The number of benzene rings is 1. The minimum Gasteiger partial charge on any atom is -0.484 e. The molecule has 0 saturated carbocycles. The average Bonchev–Trinajstić information content (AvgIpc) is 3.50. The van der Waals surface area contributed by atoms with Gasteiger partial charge in [0.15, 0.2) is 6.61 Å². The number of likely N-dealkylation sites (tertiary alicyclic amines) is 1. The molecule has 0 radical (unpaired) electrons. The maximum absolute atomic E-state index is 14.0. The fourth-order valence-corrected chi connectivity index (χ4v) is 8.48. The van der Waals surface area contributed by atoms with Crippen molar-refractivity contribution in [1.29, 1.82) is 0 Å². The molecule has 12 nitrogen and oxygen atoms in total. The number of piperidine rings is 2. The third-order valence-electron chi connectivity index (χ3n) is 10.3. The molecular formula is C36H50N6O6S. The standard InChI is InChI=1S/C36H50N6O6S/c1-25-31-22-33(44)42(28-11-18-40(19-12-28)34(45)24-48-29-6-3-2-4-7-29)23-32(43)37-15-5-8-30(38-27-13-20-47-21-14-27)36(46)41-16-9-26(10-17-41)35(39-31)49-25/h2-4,6-7,26-28,30,38H,5,8-24H2,1H3,(H,37,43)/t30-/m0/s1. The molecule has 1 aromatic heterocycles. The van der Waals surface area contributed by atoms with Crippen molar-refractivity contribution in [3.05, 3.63) is 45.9 Å². The van der Waals surface area contributed by atoms with Crippen molar-refractivity contribution in [3.63, 3.8) is 0 Å². The Kier molecular flexibility index (Phi) is 12.2. The highest BCUT2D eigenvalue weighted by Crippen LogP contribution is 2.33.